The first kappa shape index (κ1) is 23.2. The number of halogens is 1. The molecule has 3 amide bonds. The Morgan fingerprint density at radius 3 is 2.41 bits per heavy atom. The molecule has 0 bridgehead atoms. The standard InChI is InChI=1S/C23H26FN3O5/c1-2-32-23(31)27-11-9-19(10-12-27)26-22(30)20-13-15(3-4-16(20)14-28)21(29)25-18-7-5-17(24)6-8-18/h3-8,13,19,28H,2,9-12,14H2,1H3,(H,25,29)(H,26,30). The van der Waals surface area contributed by atoms with E-state index in [0.29, 0.717) is 43.8 Å². The van der Waals surface area contributed by atoms with E-state index in [9.17, 15) is 23.9 Å². The third kappa shape index (κ3) is 5.82. The Morgan fingerprint density at radius 1 is 1.09 bits per heavy atom. The van der Waals surface area contributed by atoms with Gasteiger partial charge in [-0.2, -0.15) is 0 Å². The second-order valence-electron chi connectivity index (χ2n) is 7.42. The number of nitrogens with one attached hydrogen (secondary N) is 2. The minimum Gasteiger partial charge on any atom is -0.450 e. The number of likely N-dealkylation sites (tertiary alicyclic amines) is 1. The van der Waals surface area contributed by atoms with Gasteiger partial charge in [0.25, 0.3) is 11.8 Å². The Morgan fingerprint density at radius 2 is 1.78 bits per heavy atom. The van der Waals surface area contributed by atoms with E-state index in [2.05, 4.69) is 10.6 Å². The summed E-state index contributed by atoms with van der Waals surface area (Å²) >= 11 is 0. The molecule has 3 N–H and O–H groups in total. The quantitative estimate of drug-likeness (QED) is 0.636. The predicted molar refractivity (Wildman–Crippen MR) is 116 cm³/mol. The number of hydrogen-bond acceptors (Lipinski definition) is 5. The highest BCUT2D eigenvalue weighted by molar-refractivity contribution is 6.06. The molecule has 0 saturated carbocycles. The monoisotopic (exact) mass is 443 g/mol. The summed E-state index contributed by atoms with van der Waals surface area (Å²) in [5, 5.41) is 15.2. The fourth-order valence-corrected chi connectivity index (χ4v) is 3.49. The third-order valence-electron chi connectivity index (χ3n) is 5.25. The van der Waals surface area contributed by atoms with Crippen molar-refractivity contribution in [2.24, 2.45) is 0 Å². The maximum Gasteiger partial charge on any atom is 0.409 e. The lowest BCUT2D eigenvalue weighted by molar-refractivity contribution is 0.0857. The van der Waals surface area contributed by atoms with Crippen molar-refractivity contribution in [3.8, 4) is 0 Å². The Kier molecular flexibility index (Phi) is 7.77. The molecule has 2 aromatic carbocycles. The largest absolute Gasteiger partial charge is 0.450 e. The summed E-state index contributed by atoms with van der Waals surface area (Å²) in [6.07, 6.45) is 0.785. The highest BCUT2D eigenvalue weighted by Gasteiger charge is 2.25. The van der Waals surface area contributed by atoms with Gasteiger partial charge < -0.3 is 25.4 Å². The van der Waals surface area contributed by atoms with E-state index in [0.717, 1.165) is 0 Å². The van der Waals surface area contributed by atoms with Crippen molar-refractivity contribution >= 4 is 23.6 Å². The second kappa shape index (κ2) is 10.7. The zero-order valence-corrected chi connectivity index (χ0v) is 17.8. The van der Waals surface area contributed by atoms with Crippen LogP contribution in [0, 0.1) is 5.82 Å². The number of aliphatic hydroxyl groups excluding tert-OH is 1. The molecule has 1 fully saturated rings. The third-order valence-corrected chi connectivity index (χ3v) is 5.25. The molecule has 1 aliphatic rings. The van der Waals surface area contributed by atoms with Gasteiger partial charge in [0.2, 0.25) is 0 Å². The van der Waals surface area contributed by atoms with E-state index in [4.69, 9.17) is 4.74 Å². The molecule has 32 heavy (non-hydrogen) atoms. The number of piperidine rings is 1. The van der Waals surface area contributed by atoms with Gasteiger partial charge in [-0.1, -0.05) is 6.07 Å². The molecule has 9 heteroatoms. The number of benzene rings is 2. The molecule has 0 spiro atoms. The van der Waals surface area contributed by atoms with Crippen LogP contribution in [0.5, 0.6) is 0 Å². The summed E-state index contributed by atoms with van der Waals surface area (Å²) in [7, 11) is 0. The minimum absolute atomic E-state index is 0.142. The molecule has 0 aliphatic carbocycles. The van der Waals surface area contributed by atoms with Gasteiger partial charge in [0.05, 0.1) is 13.2 Å². The van der Waals surface area contributed by atoms with Gasteiger partial charge in [0.15, 0.2) is 0 Å². The smallest absolute Gasteiger partial charge is 0.409 e. The van der Waals surface area contributed by atoms with E-state index in [1.165, 1.54) is 42.5 Å². The zero-order valence-electron chi connectivity index (χ0n) is 17.8. The van der Waals surface area contributed by atoms with Crippen molar-refractivity contribution in [2.45, 2.75) is 32.4 Å². The predicted octanol–water partition coefficient (Wildman–Crippen LogP) is 2.92. The molecule has 3 rings (SSSR count). The molecular weight excluding hydrogens is 417 g/mol. The van der Waals surface area contributed by atoms with Crippen LogP contribution in [-0.2, 0) is 11.3 Å². The molecule has 0 atom stereocenters. The average Bonchev–Trinajstić information content (AvgIpc) is 2.80. The summed E-state index contributed by atoms with van der Waals surface area (Å²) in [5.41, 5.74) is 1.24. The summed E-state index contributed by atoms with van der Waals surface area (Å²) in [6.45, 7) is 2.64. The number of hydrogen-bond donors (Lipinski definition) is 3. The second-order valence-corrected chi connectivity index (χ2v) is 7.42. The summed E-state index contributed by atoms with van der Waals surface area (Å²) in [4.78, 5) is 38.9. The fraction of sp³-hybridized carbons (Fsp3) is 0.348. The van der Waals surface area contributed by atoms with Crippen LogP contribution in [0.15, 0.2) is 42.5 Å². The fourth-order valence-electron chi connectivity index (χ4n) is 3.49. The number of amides is 3. The first-order chi connectivity index (χ1) is 15.4. The van der Waals surface area contributed by atoms with Gasteiger partial charge >= 0.3 is 6.09 Å². The molecular formula is C23H26FN3O5. The van der Waals surface area contributed by atoms with Crippen molar-refractivity contribution in [2.75, 3.05) is 25.0 Å². The molecule has 0 radical (unpaired) electrons. The summed E-state index contributed by atoms with van der Waals surface area (Å²) < 4.78 is 18.1. The van der Waals surface area contributed by atoms with Crippen molar-refractivity contribution in [3.63, 3.8) is 0 Å². The van der Waals surface area contributed by atoms with E-state index in [-0.39, 0.29) is 29.9 Å². The Hall–Kier alpha value is -3.46. The van der Waals surface area contributed by atoms with Crippen molar-refractivity contribution in [1.29, 1.82) is 0 Å². The van der Waals surface area contributed by atoms with E-state index >= 15 is 0 Å². The van der Waals surface area contributed by atoms with Crippen LogP contribution >= 0.6 is 0 Å². The number of aliphatic hydroxyl groups is 1. The van der Waals surface area contributed by atoms with Crippen LogP contribution in [0.3, 0.4) is 0 Å². The van der Waals surface area contributed by atoms with Crippen LogP contribution in [-0.4, -0.2) is 53.7 Å². The average molecular weight is 443 g/mol. The Labute approximate surface area is 185 Å². The van der Waals surface area contributed by atoms with Gasteiger partial charge in [-0.05, 0) is 61.7 Å². The van der Waals surface area contributed by atoms with Gasteiger partial charge in [-0.3, -0.25) is 9.59 Å². The first-order valence-electron chi connectivity index (χ1n) is 10.4. The molecule has 2 aromatic rings. The van der Waals surface area contributed by atoms with Gasteiger partial charge in [0, 0.05) is 35.9 Å². The SMILES string of the molecule is CCOC(=O)N1CCC(NC(=O)c2cc(C(=O)Nc3ccc(F)cc3)ccc2CO)CC1. The van der Waals surface area contributed by atoms with Gasteiger partial charge in [-0.15, -0.1) is 0 Å². The number of rotatable bonds is 6. The molecule has 1 aliphatic heterocycles. The number of ether oxygens (including phenoxy) is 1. The lowest BCUT2D eigenvalue weighted by Crippen LogP contribution is -2.46. The minimum atomic E-state index is -0.460. The normalized spacial score (nSPS) is 14.0. The number of carbonyl (C=O) groups is 3. The molecule has 8 nitrogen and oxygen atoms in total. The van der Waals surface area contributed by atoms with Crippen LogP contribution < -0.4 is 10.6 Å². The van der Waals surface area contributed by atoms with Crippen LogP contribution in [0.25, 0.3) is 0 Å². The zero-order chi connectivity index (χ0) is 23.1. The van der Waals surface area contributed by atoms with Crippen molar-refractivity contribution in [1.82, 2.24) is 10.2 Å². The Balaban J connectivity index is 1.66. The van der Waals surface area contributed by atoms with E-state index in [1.54, 1.807) is 11.8 Å². The van der Waals surface area contributed by atoms with E-state index in [1.807, 2.05) is 0 Å². The van der Waals surface area contributed by atoms with Crippen molar-refractivity contribution in [3.05, 3.63) is 65.0 Å². The topological polar surface area (TPSA) is 108 Å². The van der Waals surface area contributed by atoms with Crippen LogP contribution in [0.4, 0.5) is 14.9 Å². The summed E-state index contributed by atoms with van der Waals surface area (Å²) in [6, 6.07) is 9.66. The first-order valence-corrected chi connectivity index (χ1v) is 10.4. The summed E-state index contributed by atoms with van der Waals surface area (Å²) in [5.74, 6) is -1.28. The maximum atomic E-state index is 13.1. The molecule has 0 aromatic heterocycles. The molecule has 1 heterocycles. The number of carbonyl (C=O) groups excluding carboxylic acids is 3. The van der Waals surface area contributed by atoms with Crippen LogP contribution in [0.2, 0.25) is 0 Å². The molecule has 1 saturated heterocycles. The van der Waals surface area contributed by atoms with E-state index < -0.39 is 17.6 Å². The maximum absolute atomic E-state index is 13.1. The van der Waals surface area contributed by atoms with Gasteiger partial charge in [-0.25, -0.2) is 9.18 Å². The highest BCUT2D eigenvalue weighted by atomic mass is 19.1. The van der Waals surface area contributed by atoms with Crippen LogP contribution in [0.1, 0.15) is 46.0 Å². The Bertz CT molecular complexity index is 972. The number of anilines is 1. The highest BCUT2D eigenvalue weighted by Crippen LogP contribution is 2.17. The molecule has 170 valence electrons. The van der Waals surface area contributed by atoms with Gasteiger partial charge in [0.1, 0.15) is 5.82 Å². The number of nitrogens with zero attached hydrogens (tertiary/aromatic N) is 1. The van der Waals surface area contributed by atoms with Crippen molar-refractivity contribution < 1.29 is 28.6 Å². The molecule has 0 unspecified atom stereocenters. The lowest BCUT2D eigenvalue weighted by atomic mass is 10.0. The lowest BCUT2D eigenvalue weighted by Gasteiger charge is -2.31.